The van der Waals surface area contributed by atoms with Crippen molar-refractivity contribution in [2.75, 3.05) is 51.2 Å². The minimum absolute atomic E-state index is 0.0429. The molecule has 0 bridgehead atoms. The van der Waals surface area contributed by atoms with Crippen LogP contribution in [0.15, 0.2) is 35.4 Å². The average molecular weight is 404 g/mol. The lowest BCUT2D eigenvalue weighted by Gasteiger charge is -2.41. The smallest absolute Gasteiger partial charge is 0.335 e. The number of piperazine rings is 1. The maximum Gasteiger partial charge on any atom is 0.335 e. The van der Waals surface area contributed by atoms with Gasteiger partial charge in [0, 0.05) is 68.4 Å². The molecule has 4 rings (SSSR count). The van der Waals surface area contributed by atoms with Gasteiger partial charge in [-0.15, -0.1) is 0 Å². The molecule has 0 radical (unpaired) electrons. The number of amides is 1. The molecule has 3 heterocycles. The summed E-state index contributed by atoms with van der Waals surface area (Å²) < 4.78 is 5.77. The van der Waals surface area contributed by atoms with Gasteiger partial charge in [0.25, 0.3) is 5.91 Å². The van der Waals surface area contributed by atoms with E-state index in [0.29, 0.717) is 42.1 Å². The van der Waals surface area contributed by atoms with Gasteiger partial charge in [0.05, 0.1) is 5.57 Å². The molecule has 1 spiro atoms. The molecule has 2 fully saturated rings. The van der Waals surface area contributed by atoms with E-state index in [0.717, 1.165) is 31.9 Å². The Morgan fingerprint density at radius 1 is 1.11 bits per heavy atom. The van der Waals surface area contributed by atoms with E-state index in [4.69, 9.17) is 16.3 Å². The molecule has 6 nitrogen and oxygen atoms in total. The third-order valence-electron chi connectivity index (χ3n) is 6.17. The highest BCUT2D eigenvalue weighted by molar-refractivity contribution is 6.30. The second-order valence-corrected chi connectivity index (χ2v) is 8.38. The lowest BCUT2D eigenvalue weighted by Crippen LogP contribution is -2.53. The Labute approximate surface area is 170 Å². The van der Waals surface area contributed by atoms with Crippen LogP contribution in [0.3, 0.4) is 0 Å². The van der Waals surface area contributed by atoms with Crippen LogP contribution in [0.4, 0.5) is 5.69 Å². The van der Waals surface area contributed by atoms with Gasteiger partial charge in [0.2, 0.25) is 0 Å². The molecule has 1 aromatic rings. The highest BCUT2D eigenvalue weighted by Crippen LogP contribution is 2.41. The van der Waals surface area contributed by atoms with Crippen molar-refractivity contribution < 1.29 is 14.3 Å². The third kappa shape index (κ3) is 3.40. The molecule has 150 valence electrons. The molecule has 7 heteroatoms. The number of piperidine rings is 1. The van der Waals surface area contributed by atoms with Crippen molar-refractivity contribution in [3.05, 3.63) is 40.4 Å². The average Bonchev–Trinajstić information content (AvgIpc) is 2.94. The van der Waals surface area contributed by atoms with E-state index in [1.807, 2.05) is 29.2 Å². The largest absolute Gasteiger partial charge is 0.450 e. The fourth-order valence-corrected chi connectivity index (χ4v) is 4.62. The van der Waals surface area contributed by atoms with Gasteiger partial charge in [-0.3, -0.25) is 4.79 Å². The van der Waals surface area contributed by atoms with Crippen LogP contribution in [0.1, 0.15) is 19.8 Å². The summed E-state index contributed by atoms with van der Waals surface area (Å²) in [5, 5.41) is 0.711. The second kappa shape index (κ2) is 7.41. The zero-order valence-electron chi connectivity index (χ0n) is 16.4. The van der Waals surface area contributed by atoms with Crippen molar-refractivity contribution >= 4 is 29.2 Å². The molecule has 0 N–H and O–H groups in total. The third-order valence-corrected chi connectivity index (χ3v) is 6.41. The number of halogens is 1. The van der Waals surface area contributed by atoms with Crippen molar-refractivity contribution in [1.29, 1.82) is 0 Å². The number of carbonyl (C=O) groups is 2. The molecular formula is C21H26ClN3O3. The number of rotatable bonds is 2. The van der Waals surface area contributed by atoms with E-state index >= 15 is 0 Å². The molecule has 1 aromatic carbocycles. The lowest BCUT2D eigenvalue weighted by atomic mass is 9.82. The van der Waals surface area contributed by atoms with Gasteiger partial charge in [0.15, 0.2) is 0 Å². The standard InChI is InChI=1S/C21H26ClN3O3/c1-15-18(21(28-20(15)27)6-8-23(2)9-7-21)19(26)25-12-10-24(11-13-25)17-5-3-4-16(22)14-17/h3-5,14H,6-13H2,1-2H3. The van der Waals surface area contributed by atoms with Crippen LogP contribution in [0, 0.1) is 0 Å². The van der Waals surface area contributed by atoms with Crippen molar-refractivity contribution in [1.82, 2.24) is 9.80 Å². The van der Waals surface area contributed by atoms with Crippen LogP contribution in [-0.2, 0) is 14.3 Å². The fourth-order valence-electron chi connectivity index (χ4n) is 4.43. The van der Waals surface area contributed by atoms with E-state index < -0.39 is 5.60 Å². The topological polar surface area (TPSA) is 53.1 Å². The molecule has 0 unspecified atom stereocenters. The van der Waals surface area contributed by atoms with Crippen molar-refractivity contribution in [3.63, 3.8) is 0 Å². The maximum atomic E-state index is 13.4. The van der Waals surface area contributed by atoms with Crippen molar-refractivity contribution in [2.24, 2.45) is 0 Å². The van der Waals surface area contributed by atoms with Crippen LogP contribution in [0.2, 0.25) is 5.02 Å². The Morgan fingerprint density at radius 2 is 1.79 bits per heavy atom. The number of hydrogen-bond acceptors (Lipinski definition) is 5. The molecule has 1 amide bonds. The SMILES string of the molecule is CC1=C(C(=O)N2CCN(c3cccc(Cl)c3)CC2)C2(CCN(C)CC2)OC1=O. The summed E-state index contributed by atoms with van der Waals surface area (Å²) in [6, 6.07) is 7.78. The summed E-state index contributed by atoms with van der Waals surface area (Å²) >= 11 is 6.11. The first-order valence-corrected chi connectivity index (χ1v) is 10.2. The Bertz CT molecular complexity index is 822. The molecule has 0 atom stereocenters. The quantitative estimate of drug-likeness (QED) is 0.709. The zero-order valence-corrected chi connectivity index (χ0v) is 17.2. The van der Waals surface area contributed by atoms with Crippen LogP contribution in [0.25, 0.3) is 0 Å². The van der Waals surface area contributed by atoms with Crippen LogP contribution < -0.4 is 4.90 Å². The first-order chi connectivity index (χ1) is 13.4. The predicted molar refractivity (Wildman–Crippen MR) is 108 cm³/mol. The normalized spacial score (nSPS) is 22.8. The van der Waals surface area contributed by atoms with E-state index in [-0.39, 0.29) is 11.9 Å². The van der Waals surface area contributed by atoms with E-state index in [1.54, 1.807) is 6.92 Å². The Kier molecular flexibility index (Phi) is 5.10. The summed E-state index contributed by atoms with van der Waals surface area (Å²) in [5.74, 6) is -0.385. The number of ether oxygens (including phenoxy) is 1. The molecule has 3 aliphatic rings. The number of nitrogens with zero attached hydrogens (tertiary/aromatic N) is 3. The first kappa shape index (κ1) is 19.3. The van der Waals surface area contributed by atoms with Gasteiger partial charge in [0.1, 0.15) is 5.60 Å². The number of anilines is 1. The van der Waals surface area contributed by atoms with Gasteiger partial charge < -0.3 is 19.4 Å². The predicted octanol–water partition coefficient (Wildman–Crippen LogP) is 2.33. The summed E-state index contributed by atoms with van der Waals surface area (Å²) in [4.78, 5) is 32.0. The number of benzene rings is 1. The first-order valence-electron chi connectivity index (χ1n) is 9.83. The van der Waals surface area contributed by atoms with Crippen molar-refractivity contribution in [2.45, 2.75) is 25.4 Å². The highest BCUT2D eigenvalue weighted by atomic mass is 35.5. The number of likely N-dealkylation sites (tertiary alicyclic amines) is 1. The van der Waals surface area contributed by atoms with Gasteiger partial charge in [-0.25, -0.2) is 4.79 Å². The molecular weight excluding hydrogens is 378 g/mol. The summed E-state index contributed by atoms with van der Waals surface area (Å²) in [7, 11) is 2.05. The molecule has 0 saturated carbocycles. The maximum absolute atomic E-state index is 13.4. The van der Waals surface area contributed by atoms with E-state index in [9.17, 15) is 9.59 Å². The monoisotopic (exact) mass is 403 g/mol. The second-order valence-electron chi connectivity index (χ2n) is 7.95. The molecule has 0 aliphatic carbocycles. The minimum atomic E-state index is -0.741. The molecule has 2 saturated heterocycles. The Hall–Kier alpha value is -2.05. The van der Waals surface area contributed by atoms with Crippen LogP contribution >= 0.6 is 11.6 Å². The summed E-state index contributed by atoms with van der Waals surface area (Å²) in [6.45, 7) is 6.08. The molecule has 3 aliphatic heterocycles. The number of hydrogen-bond donors (Lipinski definition) is 0. The minimum Gasteiger partial charge on any atom is -0.450 e. The number of carbonyl (C=O) groups excluding carboxylic acids is 2. The zero-order chi connectivity index (χ0) is 19.9. The van der Waals surface area contributed by atoms with Crippen molar-refractivity contribution in [3.8, 4) is 0 Å². The van der Waals surface area contributed by atoms with Gasteiger partial charge in [-0.1, -0.05) is 17.7 Å². The van der Waals surface area contributed by atoms with Gasteiger partial charge in [-0.2, -0.15) is 0 Å². The highest BCUT2D eigenvalue weighted by Gasteiger charge is 2.51. The van der Waals surface area contributed by atoms with Gasteiger partial charge in [-0.05, 0) is 32.2 Å². The molecule has 28 heavy (non-hydrogen) atoms. The summed E-state index contributed by atoms with van der Waals surface area (Å²) in [5.41, 5.74) is 1.39. The van der Waals surface area contributed by atoms with Gasteiger partial charge >= 0.3 is 5.97 Å². The fraction of sp³-hybridized carbons (Fsp3) is 0.524. The van der Waals surface area contributed by atoms with E-state index in [1.165, 1.54) is 0 Å². The Balaban J connectivity index is 1.49. The van der Waals surface area contributed by atoms with Crippen LogP contribution in [-0.4, -0.2) is 73.6 Å². The Morgan fingerprint density at radius 3 is 2.43 bits per heavy atom. The van der Waals surface area contributed by atoms with E-state index in [2.05, 4.69) is 16.8 Å². The number of esters is 1. The van der Waals surface area contributed by atoms with Crippen LogP contribution in [0.5, 0.6) is 0 Å². The molecule has 0 aromatic heterocycles. The lowest BCUT2D eigenvalue weighted by molar-refractivity contribution is -0.151. The summed E-state index contributed by atoms with van der Waals surface area (Å²) in [6.07, 6.45) is 1.35.